The van der Waals surface area contributed by atoms with Crippen LogP contribution in [0.25, 0.3) is 22.4 Å². The molecule has 1 heterocycles. The second kappa shape index (κ2) is 7.24. The second-order valence-corrected chi connectivity index (χ2v) is 6.14. The maximum Gasteiger partial charge on any atom is 0.416 e. The molecule has 7 heteroatoms. The number of nitriles is 1. The van der Waals surface area contributed by atoms with Crippen molar-refractivity contribution in [2.75, 3.05) is 12.8 Å². The quantitative estimate of drug-likeness (QED) is 0.674. The number of nitrogens with zero attached hydrogens (tertiary/aromatic N) is 2. The van der Waals surface area contributed by atoms with Gasteiger partial charge in [-0.2, -0.15) is 18.4 Å². The molecule has 0 spiro atoms. The van der Waals surface area contributed by atoms with Crippen LogP contribution in [0.2, 0.25) is 0 Å². The minimum atomic E-state index is -4.49. The molecule has 28 heavy (non-hydrogen) atoms. The Morgan fingerprint density at radius 2 is 1.75 bits per heavy atom. The predicted molar refractivity (Wildman–Crippen MR) is 101 cm³/mol. The summed E-state index contributed by atoms with van der Waals surface area (Å²) < 4.78 is 44.6. The Bertz CT molecular complexity index is 1070. The van der Waals surface area contributed by atoms with E-state index in [2.05, 4.69) is 4.98 Å². The Kier molecular flexibility index (Phi) is 4.97. The van der Waals surface area contributed by atoms with Crippen molar-refractivity contribution >= 4 is 5.82 Å². The van der Waals surface area contributed by atoms with Gasteiger partial charge < -0.3 is 10.5 Å². The van der Waals surface area contributed by atoms with Crippen molar-refractivity contribution in [2.45, 2.75) is 13.1 Å². The maximum atomic E-state index is 13.1. The summed E-state index contributed by atoms with van der Waals surface area (Å²) in [5.41, 5.74) is 7.59. The SMILES string of the molecule is COc1ccc(-c2nc(N)c(C#N)c(-c3cccc(C(F)(F)F)c3)c2C)cc1. The molecule has 0 aliphatic rings. The highest BCUT2D eigenvalue weighted by molar-refractivity contribution is 5.84. The highest BCUT2D eigenvalue weighted by atomic mass is 19.4. The van der Waals surface area contributed by atoms with Gasteiger partial charge in [0.15, 0.2) is 0 Å². The topological polar surface area (TPSA) is 71.9 Å². The van der Waals surface area contributed by atoms with Gasteiger partial charge in [-0.3, -0.25) is 0 Å². The minimum absolute atomic E-state index is 0.0358. The van der Waals surface area contributed by atoms with Gasteiger partial charge in [-0.05, 0) is 54.4 Å². The van der Waals surface area contributed by atoms with E-state index < -0.39 is 11.7 Å². The summed E-state index contributed by atoms with van der Waals surface area (Å²) in [6, 6.07) is 13.8. The molecule has 0 saturated heterocycles. The second-order valence-electron chi connectivity index (χ2n) is 6.14. The van der Waals surface area contributed by atoms with Crippen LogP contribution in [0.3, 0.4) is 0 Å². The summed E-state index contributed by atoms with van der Waals surface area (Å²) in [6.45, 7) is 1.71. The number of rotatable bonds is 3. The Labute approximate surface area is 160 Å². The molecule has 0 atom stereocenters. The molecule has 0 radical (unpaired) electrons. The van der Waals surface area contributed by atoms with E-state index in [1.54, 1.807) is 38.3 Å². The van der Waals surface area contributed by atoms with Gasteiger partial charge in [0, 0.05) is 11.1 Å². The maximum absolute atomic E-state index is 13.1. The molecule has 1 aromatic heterocycles. The summed E-state index contributed by atoms with van der Waals surface area (Å²) in [7, 11) is 1.55. The minimum Gasteiger partial charge on any atom is -0.497 e. The summed E-state index contributed by atoms with van der Waals surface area (Å²) in [5.74, 6) is 0.618. The van der Waals surface area contributed by atoms with Crippen molar-refractivity contribution in [3.8, 4) is 34.2 Å². The molecule has 0 unspecified atom stereocenters. The zero-order valence-corrected chi connectivity index (χ0v) is 15.1. The third-order valence-electron chi connectivity index (χ3n) is 4.42. The lowest BCUT2D eigenvalue weighted by Crippen LogP contribution is -2.06. The average Bonchev–Trinajstić information content (AvgIpc) is 2.68. The molecular formula is C21H16F3N3O. The van der Waals surface area contributed by atoms with Crippen molar-refractivity contribution in [2.24, 2.45) is 0 Å². The number of hydrogen-bond donors (Lipinski definition) is 1. The predicted octanol–water partition coefficient (Wildman–Crippen LogP) is 5.21. The van der Waals surface area contributed by atoms with Crippen LogP contribution in [-0.2, 0) is 6.18 Å². The fourth-order valence-electron chi connectivity index (χ4n) is 3.05. The molecule has 2 aromatic carbocycles. The number of pyridine rings is 1. The van der Waals surface area contributed by atoms with Gasteiger partial charge in [-0.15, -0.1) is 0 Å². The van der Waals surface area contributed by atoms with Crippen LogP contribution >= 0.6 is 0 Å². The molecule has 0 aliphatic heterocycles. The molecule has 0 saturated carbocycles. The molecule has 2 N–H and O–H groups in total. The first-order valence-electron chi connectivity index (χ1n) is 8.28. The van der Waals surface area contributed by atoms with E-state index in [0.29, 0.717) is 28.1 Å². The number of anilines is 1. The van der Waals surface area contributed by atoms with Crippen LogP contribution in [0.1, 0.15) is 16.7 Å². The number of nitrogens with two attached hydrogens (primary N) is 1. The van der Waals surface area contributed by atoms with E-state index in [1.807, 2.05) is 6.07 Å². The highest BCUT2D eigenvalue weighted by Crippen LogP contribution is 2.38. The first-order valence-corrected chi connectivity index (χ1v) is 8.28. The van der Waals surface area contributed by atoms with E-state index in [0.717, 1.165) is 12.1 Å². The van der Waals surface area contributed by atoms with Crippen molar-refractivity contribution in [3.63, 3.8) is 0 Å². The van der Waals surface area contributed by atoms with Gasteiger partial charge in [0.2, 0.25) is 0 Å². The Morgan fingerprint density at radius 3 is 2.32 bits per heavy atom. The number of alkyl halides is 3. The van der Waals surface area contributed by atoms with Gasteiger partial charge in [0.25, 0.3) is 0 Å². The van der Waals surface area contributed by atoms with Crippen LogP contribution in [0.4, 0.5) is 19.0 Å². The normalized spacial score (nSPS) is 11.1. The largest absolute Gasteiger partial charge is 0.497 e. The zero-order valence-electron chi connectivity index (χ0n) is 15.1. The highest BCUT2D eigenvalue weighted by Gasteiger charge is 2.31. The van der Waals surface area contributed by atoms with Crippen LogP contribution in [-0.4, -0.2) is 12.1 Å². The van der Waals surface area contributed by atoms with Gasteiger partial charge in [-0.25, -0.2) is 4.98 Å². The number of aromatic nitrogens is 1. The monoisotopic (exact) mass is 383 g/mol. The Hall–Kier alpha value is -3.53. The molecule has 4 nitrogen and oxygen atoms in total. The van der Waals surface area contributed by atoms with Gasteiger partial charge >= 0.3 is 6.18 Å². The number of nitrogen functional groups attached to an aromatic ring is 1. The molecular weight excluding hydrogens is 367 g/mol. The first kappa shape index (κ1) is 19.2. The van der Waals surface area contributed by atoms with Crippen molar-refractivity contribution in [1.82, 2.24) is 4.98 Å². The van der Waals surface area contributed by atoms with E-state index in [1.165, 1.54) is 12.1 Å². The van der Waals surface area contributed by atoms with Crippen molar-refractivity contribution in [3.05, 3.63) is 65.2 Å². The molecule has 0 bridgehead atoms. The van der Waals surface area contributed by atoms with Gasteiger partial charge in [0.05, 0.1) is 18.4 Å². The molecule has 0 aliphatic carbocycles. The lowest BCUT2D eigenvalue weighted by Gasteiger charge is -2.16. The lowest BCUT2D eigenvalue weighted by molar-refractivity contribution is -0.137. The fraction of sp³-hybridized carbons (Fsp3) is 0.143. The standard InChI is InChI=1S/C21H16F3N3O/c1-12-18(14-4-3-5-15(10-14)21(22,23)24)17(11-25)20(26)27-19(12)13-6-8-16(28-2)9-7-13/h3-10H,1-2H3,(H2,26,27). The van der Waals surface area contributed by atoms with Gasteiger partial charge in [0.1, 0.15) is 23.2 Å². The summed E-state index contributed by atoms with van der Waals surface area (Å²) in [6.07, 6.45) is -4.49. The number of methoxy groups -OCH3 is 1. The smallest absolute Gasteiger partial charge is 0.416 e. The summed E-state index contributed by atoms with van der Waals surface area (Å²) in [5, 5.41) is 9.54. The van der Waals surface area contributed by atoms with Crippen LogP contribution < -0.4 is 10.5 Å². The lowest BCUT2D eigenvalue weighted by atomic mass is 9.92. The van der Waals surface area contributed by atoms with Crippen molar-refractivity contribution in [1.29, 1.82) is 5.26 Å². The molecule has 3 aromatic rings. The number of ether oxygens (including phenoxy) is 1. The van der Waals surface area contributed by atoms with E-state index in [4.69, 9.17) is 10.5 Å². The third kappa shape index (κ3) is 3.49. The van der Waals surface area contributed by atoms with Crippen LogP contribution in [0.15, 0.2) is 48.5 Å². The molecule has 0 fully saturated rings. The molecule has 0 amide bonds. The molecule has 142 valence electrons. The Balaban J connectivity index is 2.26. The third-order valence-corrected chi connectivity index (χ3v) is 4.42. The fourth-order valence-corrected chi connectivity index (χ4v) is 3.05. The Morgan fingerprint density at radius 1 is 1.07 bits per heavy atom. The van der Waals surface area contributed by atoms with E-state index >= 15 is 0 Å². The van der Waals surface area contributed by atoms with E-state index in [-0.39, 0.29) is 16.9 Å². The summed E-state index contributed by atoms with van der Waals surface area (Å²) >= 11 is 0. The zero-order chi connectivity index (χ0) is 20.5. The average molecular weight is 383 g/mol. The first-order chi connectivity index (χ1) is 13.3. The number of benzene rings is 2. The van der Waals surface area contributed by atoms with E-state index in [9.17, 15) is 18.4 Å². The summed E-state index contributed by atoms with van der Waals surface area (Å²) in [4.78, 5) is 4.32. The van der Waals surface area contributed by atoms with Crippen LogP contribution in [0, 0.1) is 18.3 Å². The number of hydrogen-bond acceptors (Lipinski definition) is 4. The van der Waals surface area contributed by atoms with Crippen LogP contribution in [0.5, 0.6) is 5.75 Å². The van der Waals surface area contributed by atoms with Crippen molar-refractivity contribution < 1.29 is 17.9 Å². The number of halogens is 3. The molecule has 3 rings (SSSR count). The van der Waals surface area contributed by atoms with Gasteiger partial charge in [-0.1, -0.05) is 12.1 Å².